The molecule has 1 N–H and O–H groups in total. The molecule has 0 amide bonds. The van der Waals surface area contributed by atoms with Crippen LogP contribution in [0.3, 0.4) is 0 Å². The second-order valence-electron chi connectivity index (χ2n) is 2.78. The maximum absolute atomic E-state index is 13.3. The van der Waals surface area contributed by atoms with Gasteiger partial charge in [0.2, 0.25) is 0 Å². The summed E-state index contributed by atoms with van der Waals surface area (Å²) in [6, 6.07) is 4.36. The highest BCUT2D eigenvalue weighted by Crippen LogP contribution is 2.29. The van der Waals surface area contributed by atoms with Crippen LogP contribution in [0.5, 0.6) is 5.75 Å². The second-order valence-corrected chi connectivity index (χ2v) is 2.78. The van der Waals surface area contributed by atoms with Gasteiger partial charge in [0.15, 0.2) is 0 Å². The van der Waals surface area contributed by atoms with Crippen molar-refractivity contribution in [3.8, 4) is 18.1 Å². The molecule has 0 bridgehead atoms. The zero-order valence-corrected chi connectivity index (χ0v) is 7.83. The summed E-state index contributed by atoms with van der Waals surface area (Å²) in [5.41, 5.74) is 0.118. The van der Waals surface area contributed by atoms with E-state index in [9.17, 15) is 9.50 Å². The summed E-state index contributed by atoms with van der Waals surface area (Å²) >= 11 is 0. The molecule has 2 nitrogen and oxygen atoms in total. The molecule has 0 heterocycles. The summed E-state index contributed by atoms with van der Waals surface area (Å²) in [4.78, 5) is 0. The van der Waals surface area contributed by atoms with Gasteiger partial charge < -0.3 is 9.84 Å². The number of aliphatic hydroxyl groups excluding tert-OH is 1. The second kappa shape index (κ2) is 4.64. The molecule has 74 valence electrons. The maximum atomic E-state index is 13.3. The van der Waals surface area contributed by atoms with Gasteiger partial charge >= 0.3 is 0 Å². The van der Waals surface area contributed by atoms with Crippen molar-refractivity contribution in [2.45, 2.75) is 12.5 Å². The molecule has 0 aliphatic heterocycles. The Morgan fingerprint density at radius 3 is 2.93 bits per heavy atom. The van der Waals surface area contributed by atoms with Crippen molar-refractivity contribution in [2.24, 2.45) is 0 Å². The Morgan fingerprint density at radius 1 is 1.64 bits per heavy atom. The highest BCUT2D eigenvalue weighted by atomic mass is 19.1. The van der Waals surface area contributed by atoms with E-state index >= 15 is 0 Å². The van der Waals surface area contributed by atoms with E-state index in [4.69, 9.17) is 11.2 Å². The zero-order chi connectivity index (χ0) is 10.6. The highest BCUT2D eigenvalue weighted by Gasteiger charge is 2.16. The number of hydrogen-bond acceptors (Lipinski definition) is 2. The lowest BCUT2D eigenvalue weighted by atomic mass is 10.1. The van der Waals surface area contributed by atoms with Gasteiger partial charge in [-0.05, 0) is 12.1 Å². The van der Waals surface area contributed by atoms with Gasteiger partial charge in [-0.15, -0.1) is 12.3 Å². The molecule has 0 spiro atoms. The molecule has 3 heteroatoms. The Hall–Kier alpha value is -1.53. The first-order valence-electron chi connectivity index (χ1n) is 4.14. The van der Waals surface area contributed by atoms with Crippen molar-refractivity contribution in [3.63, 3.8) is 0 Å². The number of rotatable bonds is 3. The lowest BCUT2D eigenvalue weighted by Gasteiger charge is -2.13. The van der Waals surface area contributed by atoms with Gasteiger partial charge in [-0.2, -0.15) is 0 Å². The molecular weight excluding hydrogens is 183 g/mol. The minimum atomic E-state index is -1.02. The normalized spacial score (nSPS) is 11.9. The Bertz CT molecular complexity index is 355. The minimum absolute atomic E-state index is 0.0668. The smallest absolute Gasteiger partial charge is 0.132 e. The standard InChI is InChI=1S/C11H11FO2/c1-3-5-9(13)11-8(12)6-4-7-10(11)14-2/h1,4,6-7,9,13H,5H2,2H3. The predicted molar refractivity (Wildman–Crippen MR) is 51.4 cm³/mol. The minimum Gasteiger partial charge on any atom is -0.496 e. The Balaban J connectivity index is 3.11. The van der Waals surface area contributed by atoms with Gasteiger partial charge in [0.25, 0.3) is 0 Å². The fourth-order valence-corrected chi connectivity index (χ4v) is 1.23. The predicted octanol–water partition coefficient (Wildman–Crippen LogP) is 1.89. The summed E-state index contributed by atoms with van der Waals surface area (Å²) in [5, 5.41) is 9.55. The van der Waals surface area contributed by atoms with Gasteiger partial charge in [0.1, 0.15) is 11.6 Å². The van der Waals surface area contributed by atoms with Crippen LogP contribution < -0.4 is 4.74 Å². The Kier molecular flexibility index (Phi) is 3.49. The summed E-state index contributed by atoms with van der Waals surface area (Å²) in [6.45, 7) is 0. The van der Waals surface area contributed by atoms with Crippen LogP contribution >= 0.6 is 0 Å². The van der Waals surface area contributed by atoms with Crippen molar-refractivity contribution in [2.75, 3.05) is 7.11 Å². The molecule has 0 saturated carbocycles. The number of halogens is 1. The van der Waals surface area contributed by atoms with Crippen molar-refractivity contribution >= 4 is 0 Å². The van der Waals surface area contributed by atoms with Gasteiger partial charge in [0, 0.05) is 6.42 Å². The molecule has 0 aliphatic rings. The van der Waals surface area contributed by atoms with Crippen LogP contribution in [0.4, 0.5) is 4.39 Å². The van der Waals surface area contributed by atoms with E-state index in [0.717, 1.165) is 0 Å². The van der Waals surface area contributed by atoms with Gasteiger partial charge in [-0.3, -0.25) is 0 Å². The Labute approximate surface area is 82.3 Å². The number of benzene rings is 1. The van der Waals surface area contributed by atoms with E-state index in [1.807, 2.05) is 0 Å². The third-order valence-electron chi connectivity index (χ3n) is 1.88. The summed E-state index contributed by atoms with van der Waals surface area (Å²) in [5.74, 6) is 2.08. The van der Waals surface area contributed by atoms with Crippen molar-refractivity contribution in [1.82, 2.24) is 0 Å². The molecule has 0 aromatic heterocycles. The summed E-state index contributed by atoms with van der Waals surface area (Å²) < 4.78 is 18.2. The summed E-state index contributed by atoms with van der Waals surface area (Å²) in [6.07, 6.45) is 4.08. The highest BCUT2D eigenvalue weighted by molar-refractivity contribution is 5.36. The van der Waals surface area contributed by atoms with E-state index in [1.165, 1.54) is 19.2 Å². The van der Waals surface area contributed by atoms with E-state index in [0.29, 0.717) is 5.75 Å². The molecule has 14 heavy (non-hydrogen) atoms. The number of hydrogen-bond donors (Lipinski definition) is 1. The topological polar surface area (TPSA) is 29.5 Å². The zero-order valence-electron chi connectivity index (χ0n) is 7.83. The lowest BCUT2D eigenvalue weighted by molar-refractivity contribution is 0.174. The van der Waals surface area contributed by atoms with E-state index in [-0.39, 0.29) is 12.0 Å². The fourth-order valence-electron chi connectivity index (χ4n) is 1.23. The average Bonchev–Trinajstić information content (AvgIpc) is 2.17. The van der Waals surface area contributed by atoms with Gasteiger partial charge in [0.05, 0.1) is 18.8 Å². The lowest BCUT2D eigenvalue weighted by Crippen LogP contribution is -2.02. The van der Waals surface area contributed by atoms with Crippen LogP contribution in [0, 0.1) is 18.2 Å². The third kappa shape index (κ3) is 2.04. The summed E-state index contributed by atoms with van der Waals surface area (Å²) in [7, 11) is 1.42. The molecule has 1 aromatic rings. The van der Waals surface area contributed by atoms with E-state index < -0.39 is 11.9 Å². The van der Waals surface area contributed by atoms with Crippen molar-refractivity contribution < 1.29 is 14.2 Å². The number of methoxy groups -OCH3 is 1. The molecule has 0 saturated heterocycles. The SMILES string of the molecule is C#CCC(O)c1c(F)cccc1OC. The van der Waals surface area contributed by atoms with Crippen LogP contribution in [0.25, 0.3) is 0 Å². The molecule has 1 rings (SSSR count). The van der Waals surface area contributed by atoms with E-state index in [2.05, 4.69) is 5.92 Å². The van der Waals surface area contributed by atoms with Gasteiger partial charge in [-0.1, -0.05) is 6.07 Å². The van der Waals surface area contributed by atoms with Gasteiger partial charge in [-0.25, -0.2) is 4.39 Å². The molecule has 1 aromatic carbocycles. The van der Waals surface area contributed by atoms with Crippen molar-refractivity contribution in [1.29, 1.82) is 0 Å². The largest absolute Gasteiger partial charge is 0.496 e. The van der Waals surface area contributed by atoms with E-state index in [1.54, 1.807) is 6.07 Å². The number of aliphatic hydroxyl groups is 1. The molecule has 1 atom stereocenters. The van der Waals surface area contributed by atoms with Crippen LogP contribution in [0.1, 0.15) is 18.1 Å². The number of terminal acetylenes is 1. The molecular formula is C11H11FO2. The first-order valence-corrected chi connectivity index (χ1v) is 4.14. The third-order valence-corrected chi connectivity index (χ3v) is 1.88. The average molecular weight is 194 g/mol. The monoisotopic (exact) mass is 194 g/mol. The number of ether oxygens (including phenoxy) is 1. The molecule has 0 fully saturated rings. The van der Waals surface area contributed by atoms with Crippen LogP contribution in [-0.2, 0) is 0 Å². The first-order chi connectivity index (χ1) is 6.70. The maximum Gasteiger partial charge on any atom is 0.132 e. The Morgan fingerprint density at radius 2 is 2.36 bits per heavy atom. The molecule has 0 radical (unpaired) electrons. The first kappa shape index (κ1) is 10.6. The van der Waals surface area contributed by atoms with Crippen molar-refractivity contribution in [3.05, 3.63) is 29.6 Å². The molecule has 1 unspecified atom stereocenters. The van der Waals surface area contributed by atoms with Crippen LogP contribution in [-0.4, -0.2) is 12.2 Å². The van der Waals surface area contributed by atoms with Crippen LogP contribution in [0.2, 0.25) is 0 Å². The fraction of sp³-hybridized carbons (Fsp3) is 0.273. The molecule has 0 aliphatic carbocycles. The quantitative estimate of drug-likeness (QED) is 0.744. The van der Waals surface area contributed by atoms with Crippen LogP contribution in [0.15, 0.2) is 18.2 Å².